The van der Waals surface area contributed by atoms with Crippen LogP contribution in [0.3, 0.4) is 0 Å². The monoisotopic (exact) mass is 455 g/mol. The number of hydrogen-bond acceptors (Lipinski definition) is 6. The SMILES string of the molecule is Cc1ccc(-c2csc(NC(=O)CN(C)C(=O)c3ccc(Br)s3)n2)s1. The Morgan fingerprint density at radius 3 is 2.68 bits per heavy atom. The molecule has 3 aromatic rings. The van der Waals surface area contributed by atoms with E-state index in [0.717, 1.165) is 14.4 Å². The molecule has 0 aliphatic carbocycles. The van der Waals surface area contributed by atoms with Gasteiger partial charge in [0.1, 0.15) is 0 Å². The average Bonchev–Trinajstić information content (AvgIpc) is 3.27. The number of thiophene rings is 2. The molecule has 25 heavy (non-hydrogen) atoms. The van der Waals surface area contributed by atoms with Crippen molar-refractivity contribution in [1.29, 1.82) is 0 Å². The van der Waals surface area contributed by atoms with Crippen molar-refractivity contribution < 1.29 is 9.59 Å². The fourth-order valence-corrected chi connectivity index (χ4v) is 5.09. The second-order valence-electron chi connectivity index (χ2n) is 5.26. The van der Waals surface area contributed by atoms with E-state index >= 15 is 0 Å². The van der Waals surface area contributed by atoms with E-state index in [2.05, 4.69) is 26.2 Å². The summed E-state index contributed by atoms with van der Waals surface area (Å²) in [5.74, 6) is -0.450. The van der Waals surface area contributed by atoms with Gasteiger partial charge in [-0.25, -0.2) is 4.98 Å². The summed E-state index contributed by atoms with van der Waals surface area (Å²) in [6.07, 6.45) is 0. The van der Waals surface area contributed by atoms with Crippen molar-refractivity contribution in [3.05, 3.63) is 43.2 Å². The number of carbonyl (C=O) groups is 2. The van der Waals surface area contributed by atoms with Gasteiger partial charge >= 0.3 is 0 Å². The third kappa shape index (κ3) is 4.55. The lowest BCUT2D eigenvalue weighted by molar-refractivity contribution is -0.116. The highest BCUT2D eigenvalue weighted by atomic mass is 79.9. The summed E-state index contributed by atoms with van der Waals surface area (Å²) in [5, 5.41) is 5.20. The molecule has 0 saturated carbocycles. The summed E-state index contributed by atoms with van der Waals surface area (Å²) in [6.45, 7) is 2.02. The second kappa shape index (κ2) is 7.77. The zero-order valence-electron chi connectivity index (χ0n) is 13.4. The molecule has 0 saturated heterocycles. The van der Waals surface area contributed by atoms with Crippen LogP contribution in [0.4, 0.5) is 5.13 Å². The lowest BCUT2D eigenvalue weighted by atomic mass is 10.4. The van der Waals surface area contributed by atoms with Crippen LogP contribution in [0.25, 0.3) is 10.6 Å². The van der Waals surface area contributed by atoms with Gasteiger partial charge in [0, 0.05) is 17.3 Å². The number of thiazole rings is 1. The van der Waals surface area contributed by atoms with E-state index in [1.54, 1.807) is 24.5 Å². The Morgan fingerprint density at radius 1 is 1.24 bits per heavy atom. The first-order valence-electron chi connectivity index (χ1n) is 7.25. The number of halogens is 1. The molecule has 3 heterocycles. The number of rotatable bonds is 5. The zero-order valence-corrected chi connectivity index (χ0v) is 17.4. The minimum absolute atomic E-state index is 0.0264. The number of nitrogens with one attached hydrogen (secondary N) is 1. The van der Waals surface area contributed by atoms with Crippen LogP contribution >= 0.6 is 49.9 Å². The minimum atomic E-state index is -0.269. The highest BCUT2D eigenvalue weighted by Gasteiger charge is 2.17. The third-order valence-electron chi connectivity index (χ3n) is 3.25. The molecule has 0 aromatic carbocycles. The van der Waals surface area contributed by atoms with Crippen molar-refractivity contribution in [2.45, 2.75) is 6.92 Å². The van der Waals surface area contributed by atoms with Crippen molar-refractivity contribution in [3.63, 3.8) is 0 Å². The predicted octanol–water partition coefficient (Wildman–Crippen LogP) is 4.71. The fraction of sp³-hybridized carbons (Fsp3) is 0.188. The molecule has 0 aliphatic rings. The number of anilines is 1. The van der Waals surface area contributed by atoms with Gasteiger partial charge in [0.2, 0.25) is 5.91 Å². The maximum absolute atomic E-state index is 12.3. The summed E-state index contributed by atoms with van der Waals surface area (Å²) < 4.78 is 0.882. The summed E-state index contributed by atoms with van der Waals surface area (Å²) >= 11 is 7.71. The fourth-order valence-electron chi connectivity index (χ4n) is 2.08. The molecular weight excluding hydrogens is 442 g/mol. The molecule has 0 unspecified atom stereocenters. The molecule has 3 aromatic heterocycles. The van der Waals surface area contributed by atoms with Crippen LogP contribution < -0.4 is 5.32 Å². The standard InChI is InChI=1S/C16H14BrN3O2S3/c1-9-3-4-11(24-9)10-8-23-16(18-10)19-14(21)7-20(2)15(22)12-5-6-13(17)25-12/h3-6,8H,7H2,1-2H3,(H,18,19,21). The van der Waals surface area contributed by atoms with Crippen LogP contribution in [-0.2, 0) is 4.79 Å². The summed E-state index contributed by atoms with van der Waals surface area (Å²) in [6, 6.07) is 7.62. The van der Waals surface area contributed by atoms with Gasteiger partial charge in [-0.15, -0.1) is 34.0 Å². The van der Waals surface area contributed by atoms with E-state index in [1.165, 1.54) is 32.5 Å². The van der Waals surface area contributed by atoms with Gasteiger partial charge in [-0.2, -0.15) is 0 Å². The van der Waals surface area contributed by atoms with Crippen molar-refractivity contribution in [3.8, 4) is 10.6 Å². The molecule has 130 valence electrons. The summed E-state index contributed by atoms with van der Waals surface area (Å²) in [5.41, 5.74) is 0.853. The average molecular weight is 456 g/mol. The lowest BCUT2D eigenvalue weighted by Crippen LogP contribution is -2.34. The quantitative estimate of drug-likeness (QED) is 0.605. The highest BCUT2D eigenvalue weighted by Crippen LogP contribution is 2.30. The topological polar surface area (TPSA) is 62.3 Å². The van der Waals surface area contributed by atoms with Crippen molar-refractivity contribution in [1.82, 2.24) is 9.88 Å². The predicted molar refractivity (Wildman–Crippen MR) is 108 cm³/mol. The Kier molecular flexibility index (Phi) is 5.67. The molecule has 9 heteroatoms. The molecule has 0 fully saturated rings. The van der Waals surface area contributed by atoms with Crippen LogP contribution in [0.2, 0.25) is 0 Å². The highest BCUT2D eigenvalue weighted by molar-refractivity contribution is 9.11. The van der Waals surface area contributed by atoms with E-state index in [9.17, 15) is 9.59 Å². The van der Waals surface area contributed by atoms with E-state index in [1.807, 2.05) is 30.5 Å². The zero-order chi connectivity index (χ0) is 18.0. The normalized spacial score (nSPS) is 10.7. The summed E-state index contributed by atoms with van der Waals surface area (Å²) in [7, 11) is 1.61. The van der Waals surface area contributed by atoms with Crippen LogP contribution in [0.5, 0.6) is 0 Å². The molecule has 5 nitrogen and oxygen atoms in total. The molecule has 2 amide bonds. The van der Waals surface area contributed by atoms with E-state index in [4.69, 9.17) is 0 Å². The van der Waals surface area contributed by atoms with Gasteiger partial charge in [0.05, 0.1) is 25.8 Å². The minimum Gasteiger partial charge on any atom is -0.332 e. The molecule has 0 radical (unpaired) electrons. The van der Waals surface area contributed by atoms with Crippen molar-refractivity contribution in [2.24, 2.45) is 0 Å². The van der Waals surface area contributed by atoms with Gasteiger partial charge < -0.3 is 10.2 Å². The van der Waals surface area contributed by atoms with Gasteiger partial charge in [-0.1, -0.05) is 0 Å². The molecule has 3 rings (SSSR count). The van der Waals surface area contributed by atoms with Crippen LogP contribution in [0.1, 0.15) is 14.5 Å². The number of hydrogen-bond donors (Lipinski definition) is 1. The molecule has 0 aliphatic heterocycles. The van der Waals surface area contributed by atoms with Crippen LogP contribution in [-0.4, -0.2) is 35.3 Å². The maximum Gasteiger partial charge on any atom is 0.264 e. The molecule has 0 spiro atoms. The first-order chi connectivity index (χ1) is 11.9. The Labute approximate surface area is 165 Å². The number of amides is 2. The largest absolute Gasteiger partial charge is 0.332 e. The Morgan fingerprint density at radius 2 is 2.04 bits per heavy atom. The van der Waals surface area contributed by atoms with E-state index in [-0.39, 0.29) is 18.4 Å². The Balaban J connectivity index is 1.59. The van der Waals surface area contributed by atoms with E-state index in [0.29, 0.717) is 10.0 Å². The first-order valence-corrected chi connectivity index (χ1v) is 10.6. The second-order valence-corrected chi connectivity index (χ2v) is 9.87. The molecule has 0 atom stereocenters. The lowest BCUT2D eigenvalue weighted by Gasteiger charge is -2.15. The van der Waals surface area contributed by atoms with E-state index < -0.39 is 0 Å². The molecule has 1 N–H and O–H groups in total. The maximum atomic E-state index is 12.3. The number of likely N-dealkylation sites (N-methyl/N-ethyl adjacent to an activating group) is 1. The first kappa shape index (κ1) is 18.2. The van der Waals surface area contributed by atoms with Crippen LogP contribution in [0.15, 0.2) is 33.4 Å². The Hall–Kier alpha value is -1.55. The van der Waals surface area contributed by atoms with Gasteiger partial charge in [0.15, 0.2) is 5.13 Å². The van der Waals surface area contributed by atoms with Crippen LogP contribution in [0, 0.1) is 6.92 Å². The number of aromatic nitrogens is 1. The van der Waals surface area contributed by atoms with Gasteiger partial charge in [-0.3, -0.25) is 9.59 Å². The summed E-state index contributed by atoms with van der Waals surface area (Å²) in [4.78, 5) is 33.1. The number of nitrogens with zero attached hydrogens (tertiary/aromatic N) is 2. The molecule has 0 bridgehead atoms. The molecular formula is C16H14BrN3O2S3. The van der Waals surface area contributed by atoms with Gasteiger partial charge in [-0.05, 0) is 47.1 Å². The van der Waals surface area contributed by atoms with Gasteiger partial charge in [0.25, 0.3) is 5.91 Å². The number of carbonyl (C=O) groups excluding carboxylic acids is 2. The Bertz CT molecular complexity index is 915. The smallest absolute Gasteiger partial charge is 0.264 e. The number of aryl methyl sites for hydroxylation is 1. The third-order valence-corrected chi connectivity index (χ3v) is 6.65. The van der Waals surface area contributed by atoms with Crippen molar-refractivity contribution in [2.75, 3.05) is 18.9 Å². The van der Waals surface area contributed by atoms with Crippen molar-refractivity contribution >= 4 is 66.9 Å².